The van der Waals surface area contributed by atoms with E-state index in [4.69, 9.17) is 5.26 Å². The molecule has 1 aliphatic heterocycles. The molecule has 0 aromatic heterocycles. The molecule has 1 rings (SSSR count). The monoisotopic (exact) mass is 251 g/mol. The van der Waals surface area contributed by atoms with Crippen molar-refractivity contribution in [2.24, 2.45) is 5.92 Å². The molecule has 1 heterocycles. The highest BCUT2D eigenvalue weighted by atomic mass is 15.2. The van der Waals surface area contributed by atoms with Gasteiger partial charge in [-0.05, 0) is 65.1 Å². The van der Waals surface area contributed by atoms with E-state index in [0.717, 1.165) is 24.8 Å². The van der Waals surface area contributed by atoms with Gasteiger partial charge in [-0.2, -0.15) is 5.26 Å². The largest absolute Gasteiger partial charge is 0.303 e. The maximum absolute atomic E-state index is 9.09. The van der Waals surface area contributed by atoms with Crippen LogP contribution >= 0.6 is 0 Å². The molecule has 0 spiro atoms. The highest BCUT2D eigenvalue weighted by molar-refractivity contribution is 5.02. The zero-order chi connectivity index (χ0) is 13.6. The van der Waals surface area contributed by atoms with Crippen LogP contribution in [0.25, 0.3) is 0 Å². The third-order valence-corrected chi connectivity index (χ3v) is 4.35. The molecule has 3 heteroatoms. The number of nitrogens with zero attached hydrogens (tertiary/aromatic N) is 2. The summed E-state index contributed by atoms with van der Waals surface area (Å²) in [7, 11) is 1.87. The predicted molar refractivity (Wildman–Crippen MR) is 76.4 cm³/mol. The Bertz CT molecular complexity index is 282. The number of unbranched alkanes of at least 4 members (excludes halogenated alkanes) is 1. The summed E-state index contributed by atoms with van der Waals surface area (Å²) in [5, 5.41) is 12.2. The molecule has 104 valence electrons. The van der Waals surface area contributed by atoms with Gasteiger partial charge < -0.3 is 10.2 Å². The van der Waals surface area contributed by atoms with Gasteiger partial charge in [0.1, 0.15) is 5.54 Å². The number of nitriles is 1. The van der Waals surface area contributed by atoms with Crippen molar-refractivity contribution in [3.05, 3.63) is 0 Å². The van der Waals surface area contributed by atoms with Crippen molar-refractivity contribution < 1.29 is 0 Å². The van der Waals surface area contributed by atoms with E-state index in [-0.39, 0.29) is 5.54 Å². The predicted octanol–water partition coefficient (Wildman–Crippen LogP) is 2.78. The Morgan fingerprint density at radius 3 is 2.72 bits per heavy atom. The van der Waals surface area contributed by atoms with Gasteiger partial charge in [-0.25, -0.2) is 0 Å². The Kier molecular flexibility index (Phi) is 6.11. The maximum Gasteiger partial charge on any atom is 0.103 e. The Hall–Kier alpha value is -0.590. The summed E-state index contributed by atoms with van der Waals surface area (Å²) in [6, 6.07) is 3.15. The fourth-order valence-corrected chi connectivity index (χ4v) is 2.91. The minimum atomic E-state index is -0.345. The summed E-state index contributed by atoms with van der Waals surface area (Å²) >= 11 is 0. The lowest BCUT2D eigenvalue weighted by atomic mass is 9.96. The molecular formula is C15H29N3. The van der Waals surface area contributed by atoms with E-state index in [1.165, 1.54) is 32.4 Å². The van der Waals surface area contributed by atoms with Crippen LogP contribution in [0.2, 0.25) is 0 Å². The average molecular weight is 251 g/mol. The molecule has 3 nitrogen and oxygen atoms in total. The van der Waals surface area contributed by atoms with Crippen molar-refractivity contribution in [1.29, 1.82) is 5.26 Å². The summed E-state index contributed by atoms with van der Waals surface area (Å²) in [6.45, 7) is 9.12. The molecule has 0 amide bonds. The number of likely N-dealkylation sites (tertiary alicyclic amines) is 1. The Morgan fingerprint density at radius 1 is 1.44 bits per heavy atom. The molecule has 1 N–H and O–H groups in total. The van der Waals surface area contributed by atoms with E-state index in [0.29, 0.717) is 0 Å². The van der Waals surface area contributed by atoms with E-state index >= 15 is 0 Å². The first-order valence-electron chi connectivity index (χ1n) is 7.36. The average Bonchev–Trinajstić information content (AvgIpc) is 2.83. The summed E-state index contributed by atoms with van der Waals surface area (Å²) in [5.41, 5.74) is -0.345. The minimum absolute atomic E-state index is 0.345. The molecule has 18 heavy (non-hydrogen) atoms. The third kappa shape index (κ3) is 4.26. The van der Waals surface area contributed by atoms with Gasteiger partial charge in [0, 0.05) is 6.04 Å². The fourth-order valence-electron chi connectivity index (χ4n) is 2.91. The first kappa shape index (κ1) is 15.5. The SMILES string of the molecule is CNC(C)(C#N)CCCCN1CCCC1C(C)C. The van der Waals surface area contributed by atoms with Crippen molar-refractivity contribution in [2.75, 3.05) is 20.1 Å². The van der Waals surface area contributed by atoms with Gasteiger partial charge in [-0.3, -0.25) is 0 Å². The van der Waals surface area contributed by atoms with Crippen LogP contribution < -0.4 is 5.32 Å². The standard InChI is InChI=1S/C15H29N3/c1-13(2)14-8-7-11-18(14)10-6-5-9-15(3,12-16)17-4/h13-14,17H,5-11H2,1-4H3. The molecule has 0 aromatic carbocycles. The zero-order valence-corrected chi connectivity index (χ0v) is 12.5. The molecule has 2 atom stereocenters. The van der Waals surface area contributed by atoms with Gasteiger partial charge >= 0.3 is 0 Å². The smallest absolute Gasteiger partial charge is 0.103 e. The summed E-state index contributed by atoms with van der Waals surface area (Å²) in [6.07, 6.45) is 6.01. The van der Waals surface area contributed by atoms with Gasteiger partial charge in [0.25, 0.3) is 0 Å². The molecule has 0 saturated carbocycles. The number of hydrogen-bond acceptors (Lipinski definition) is 3. The van der Waals surface area contributed by atoms with Crippen LogP contribution in [0.1, 0.15) is 52.9 Å². The van der Waals surface area contributed by atoms with Crippen molar-refractivity contribution >= 4 is 0 Å². The summed E-state index contributed by atoms with van der Waals surface area (Å²) in [5.74, 6) is 0.772. The normalized spacial score (nSPS) is 24.1. The molecule has 1 saturated heterocycles. The van der Waals surface area contributed by atoms with Gasteiger partial charge in [0.15, 0.2) is 0 Å². The topological polar surface area (TPSA) is 39.1 Å². The quantitative estimate of drug-likeness (QED) is 0.707. The summed E-state index contributed by atoms with van der Waals surface area (Å²) < 4.78 is 0. The van der Waals surface area contributed by atoms with E-state index in [2.05, 4.69) is 30.1 Å². The molecule has 0 aromatic rings. The van der Waals surface area contributed by atoms with E-state index in [9.17, 15) is 0 Å². The second-order valence-electron chi connectivity index (χ2n) is 6.14. The van der Waals surface area contributed by atoms with E-state index in [1.54, 1.807) is 0 Å². The number of rotatable bonds is 7. The van der Waals surface area contributed by atoms with Crippen molar-refractivity contribution in [3.63, 3.8) is 0 Å². The highest BCUT2D eigenvalue weighted by Gasteiger charge is 2.26. The van der Waals surface area contributed by atoms with Crippen LogP contribution in [-0.4, -0.2) is 36.6 Å². The maximum atomic E-state index is 9.09. The van der Waals surface area contributed by atoms with Crippen LogP contribution in [0, 0.1) is 17.2 Å². The lowest BCUT2D eigenvalue weighted by molar-refractivity contribution is 0.201. The molecule has 1 aliphatic rings. The van der Waals surface area contributed by atoms with Crippen molar-refractivity contribution in [1.82, 2.24) is 10.2 Å². The summed E-state index contributed by atoms with van der Waals surface area (Å²) in [4.78, 5) is 2.65. The first-order valence-corrected chi connectivity index (χ1v) is 7.36. The number of hydrogen-bond donors (Lipinski definition) is 1. The molecule has 2 unspecified atom stereocenters. The third-order valence-electron chi connectivity index (χ3n) is 4.35. The van der Waals surface area contributed by atoms with E-state index in [1.807, 2.05) is 14.0 Å². The fraction of sp³-hybridized carbons (Fsp3) is 0.933. The lowest BCUT2D eigenvalue weighted by Crippen LogP contribution is -2.38. The Morgan fingerprint density at radius 2 is 2.17 bits per heavy atom. The molecule has 0 aliphatic carbocycles. The Balaban J connectivity index is 2.24. The van der Waals surface area contributed by atoms with Crippen LogP contribution in [0.15, 0.2) is 0 Å². The van der Waals surface area contributed by atoms with Gasteiger partial charge in [0.05, 0.1) is 6.07 Å². The van der Waals surface area contributed by atoms with Crippen LogP contribution in [0.3, 0.4) is 0 Å². The van der Waals surface area contributed by atoms with E-state index < -0.39 is 0 Å². The van der Waals surface area contributed by atoms with Gasteiger partial charge in [-0.1, -0.05) is 13.8 Å². The zero-order valence-electron chi connectivity index (χ0n) is 12.5. The lowest BCUT2D eigenvalue weighted by Gasteiger charge is -2.28. The highest BCUT2D eigenvalue weighted by Crippen LogP contribution is 2.24. The molecule has 1 fully saturated rings. The number of nitrogens with one attached hydrogen (secondary N) is 1. The second-order valence-corrected chi connectivity index (χ2v) is 6.14. The minimum Gasteiger partial charge on any atom is -0.303 e. The molecule has 0 radical (unpaired) electrons. The van der Waals surface area contributed by atoms with Crippen LogP contribution in [0.5, 0.6) is 0 Å². The van der Waals surface area contributed by atoms with Crippen LogP contribution in [-0.2, 0) is 0 Å². The molecule has 0 bridgehead atoms. The van der Waals surface area contributed by atoms with Crippen molar-refractivity contribution in [3.8, 4) is 6.07 Å². The second kappa shape index (κ2) is 7.11. The van der Waals surface area contributed by atoms with Gasteiger partial charge in [0.2, 0.25) is 0 Å². The first-order chi connectivity index (χ1) is 8.52. The molecular weight excluding hydrogens is 222 g/mol. The Labute approximate surface area is 113 Å². The van der Waals surface area contributed by atoms with Gasteiger partial charge in [-0.15, -0.1) is 0 Å². The van der Waals surface area contributed by atoms with Crippen LogP contribution in [0.4, 0.5) is 0 Å². The van der Waals surface area contributed by atoms with Crippen molar-refractivity contribution in [2.45, 2.75) is 64.5 Å².